The van der Waals surface area contributed by atoms with Crippen molar-refractivity contribution < 1.29 is 14.6 Å². The molecule has 0 amide bonds. The van der Waals surface area contributed by atoms with Crippen molar-refractivity contribution in [3.05, 3.63) is 0 Å². The van der Waals surface area contributed by atoms with E-state index in [1.54, 1.807) is 0 Å². The lowest BCUT2D eigenvalue weighted by molar-refractivity contribution is -0.163. The van der Waals surface area contributed by atoms with E-state index in [2.05, 4.69) is 0 Å². The summed E-state index contributed by atoms with van der Waals surface area (Å²) in [4.78, 5) is 10.7. The topological polar surface area (TPSA) is 46.5 Å². The van der Waals surface area contributed by atoms with Crippen LogP contribution in [0.3, 0.4) is 0 Å². The van der Waals surface area contributed by atoms with Gasteiger partial charge in [0, 0.05) is 7.11 Å². The smallest absolute Gasteiger partial charge is 0.335 e. The third kappa shape index (κ3) is 2.19. The Labute approximate surface area is 67.4 Å². The number of methoxy groups -OCH3 is 1. The highest BCUT2D eigenvalue weighted by molar-refractivity contribution is 5.77. The minimum atomic E-state index is -0.950. The Morgan fingerprint density at radius 3 is 2.18 bits per heavy atom. The summed E-state index contributed by atoms with van der Waals surface area (Å²) >= 11 is 0. The Hall–Kier alpha value is -0.570. The van der Waals surface area contributed by atoms with Crippen molar-refractivity contribution in [1.82, 2.24) is 0 Å². The summed E-state index contributed by atoms with van der Waals surface area (Å²) < 4.78 is 4.99. The van der Waals surface area contributed by atoms with Gasteiger partial charge < -0.3 is 9.84 Å². The maximum atomic E-state index is 10.7. The summed E-state index contributed by atoms with van der Waals surface area (Å²) in [5.74, 6) is -0.857. The van der Waals surface area contributed by atoms with Crippen molar-refractivity contribution in [2.45, 2.75) is 38.7 Å². The second kappa shape index (κ2) is 4.34. The molecule has 0 heterocycles. The van der Waals surface area contributed by atoms with Crippen LogP contribution in [0, 0.1) is 0 Å². The first-order valence-corrected chi connectivity index (χ1v) is 3.91. The molecule has 0 radical (unpaired) electrons. The van der Waals surface area contributed by atoms with Gasteiger partial charge in [-0.2, -0.15) is 0 Å². The van der Waals surface area contributed by atoms with Crippen LogP contribution in [0.1, 0.15) is 33.1 Å². The molecular weight excluding hydrogens is 144 g/mol. The van der Waals surface area contributed by atoms with Crippen molar-refractivity contribution >= 4 is 5.97 Å². The van der Waals surface area contributed by atoms with E-state index in [4.69, 9.17) is 9.84 Å². The van der Waals surface area contributed by atoms with Gasteiger partial charge in [0.15, 0.2) is 5.60 Å². The van der Waals surface area contributed by atoms with Crippen LogP contribution in [0.15, 0.2) is 0 Å². The van der Waals surface area contributed by atoms with E-state index < -0.39 is 11.6 Å². The molecule has 3 nitrogen and oxygen atoms in total. The van der Waals surface area contributed by atoms with Gasteiger partial charge in [0.2, 0.25) is 0 Å². The average molecular weight is 160 g/mol. The summed E-state index contributed by atoms with van der Waals surface area (Å²) in [5.41, 5.74) is -0.950. The summed E-state index contributed by atoms with van der Waals surface area (Å²) in [6.45, 7) is 3.78. The highest BCUT2D eigenvalue weighted by atomic mass is 16.5. The average Bonchev–Trinajstić information content (AvgIpc) is 2.00. The van der Waals surface area contributed by atoms with Gasteiger partial charge in [0.25, 0.3) is 0 Å². The molecule has 0 aliphatic carbocycles. The fourth-order valence-electron chi connectivity index (χ4n) is 1.17. The summed E-state index contributed by atoms with van der Waals surface area (Å²) in [7, 11) is 1.45. The number of carboxylic acid groups (broad SMARTS) is 1. The van der Waals surface area contributed by atoms with E-state index in [9.17, 15) is 4.79 Å². The highest BCUT2D eigenvalue weighted by Gasteiger charge is 2.35. The van der Waals surface area contributed by atoms with Crippen LogP contribution in [-0.2, 0) is 9.53 Å². The van der Waals surface area contributed by atoms with Crippen molar-refractivity contribution in [3.63, 3.8) is 0 Å². The van der Waals surface area contributed by atoms with Crippen LogP contribution in [0.2, 0.25) is 0 Å². The van der Waals surface area contributed by atoms with E-state index in [0.29, 0.717) is 12.8 Å². The fraction of sp³-hybridized carbons (Fsp3) is 0.875. The van der Waals surface area contributed by atoms with E-state index >= 15 is 0 Å². The van der Waals surface area contributed by atoms with Crippen LogP contribution in [0.4, 0.5) is 0 Å². The molecule has 11 heavy (non-hydrogen) atoms. The standard InChI is InChI=1S/C8H16O3/c1-4-6-8(5-2,11-3)7(9)10/h4-6H2,1-3H3,(H,9,10)/t8-/m0/s1. The maximum absolute atomic E-state index is 10.7. The monoisotopic (exact) mass is 160 g/mol. The molecule has 1 N–H and O–H groups in total. The van der Waals surface area contributed by atoms with Crippen LogP contribution in [0.25, 0.3) is 0 Å². The van der Waals surface area contributed by atoms with Crippen LogP contribution >= 0.6 is 0 Å². The molecule has 0 spiro atoms. The highest BCUT2D eigenvalue weighted by Crippen LogP contribution is 2.21. The van der Waals surface area contributed by atoms with Gasteiger partial charge in [-0.3, -0.25) is 0 Å². The zero-order chi connectivity index (χ0) is 8.91. The van der Waals surface area contributed by atoms with Crippen LogP contribution in [-0.4, -0.2) is 23.8 Å². The minimum absolute atomic E-state index is 0.521. The van der Waals surface area contributed by atoms with Gasteiger partial charge in [-0.05, 0) is 12.8 Å². The van der Waals surface area contributed by atoms with E-state index in [1.807, 2.05) is 13.8 Å². The third-order valence-electron chi connectivity index (χ3n) is 2.01. The molecule has 66 valence electrons. The Kier molecular flexibility index (Phi) is 4.11. The SMILES string of the molecule is CCC[C@](CC)(OC)C(=O)O. The Morgan fingerprint density at radius 1 is 1.55 bits per heavy atom. The van der Waals surface area contributed by atoms with Crippen molar-refractivity contribution in [2.24, 2.45) is 0 Å². The minimum Gasteiger partial charge on any atom is -0.479 e. The summed E-state index contributed by atoms with van der Waals surface area (Å²) in [5, 5.41) is 8.83. The molecule has 0 aliphatic heterocycles. The zero-order valence-electron chi connectivity index (χ0n) is 7.39. The second-order valence-electron chi connectivity index (χ2n) is 2.61. The first kappa shape index (κ1) is 10.4. The first-order valence-electron chi connectivity index (χ1n) is 3.91. The third-order valence-corrected chi connectivity index (χ3v) is 2.01. The molecule has 0 saturated heterocycles. The predicted octanol–water partition coefficient (Wildman–Crippen LogP) is 1.67. The van der Waals surface area contributed by atoms with Crippen LogP contribution < -0.4 is 0 Å². The normalized spacial score (nSPS) is 15.9. The molecular formula is C8H16O3. The predicted molar refractivity (Wildman–Crippen MR) is 42.6 cm³/mol. The molecule has 0 saturated carbocycles. The molecule has 0 unspecified atom stereocenters. The molecule has 0 rings (SSSR count). The lowest BCUT2D eigenvalue weighted by atomic mass is 9.95. The van der Waals surface area contributed by atoms with Crippen molar-refractivity contribution in [2.75, 3.05) is 7.11 Å². The number of hydrogen-bond acceptors (Lipinski definition) is 2. The number of ether oxygens (including phenoxy) is 1. The van der Waals surface area contributed by atoms with Gasteiger partial charge in [-0.15, -0.1) is 0 Å². The second-order valence-corrected chi connectivity index (χ2v) is 2.61. The molecule has 0 bridgehead atoms. The van der Waals surface area contributed by atoms with E-state index in [-0.39, 0.29) is 0 Å². The zero-order valence-corrected chi connectivity index (χ0v) is 7.39. The number of carboxylic acids is 1. The number of hydrogen-bond donors (Lipinski definition) is 1. The fourth-order valence-corrected chi connectivity index (χ4v) is 1.17. The molecule has 0 fully saturated rings. The van der Waals surface area contributed by atoms with E-state index in [1.165, 1.54) is 7.11 Å². The van der Waals surface area contributed by atoms with Gasteiger partial charge >= 0.3 is 5.97 Å². The van der Waals surface area contributed by atoms with Gasteiger partial charge in [-0.25, -0.2) is 4.79 Å². The molecule has 0 aromatic rings. The first-order chi connectivity index (χ1) is 5.13. The quantitative estimate of drug-likeness (QED) is 0.665. The maximum Gasteiger partial charge on any atom is 0.335 e. The van der Waals surface area contributed by atoms with Gasteiger partial charge in [0.05, 0.1) is 0 Å². The van der Waals surface area contributed by atoms with Crippen LogP contribution in [0.5, 0.6) is 0 Å². The largest absolute Gasteiger partial charge is 0.479 e. The number of rotatable bonds is 5. The molecule has 0 aromatic heterocycles. The number of carbonyl (C=O) groups is 1. The van der Waals surface area contributed by atoms with Gasteiger partial charge in [-0.1, -0.05) is 20.3 Å². The molecule has 3 heteroatoms. The Morgan fingerprint density at radius 2 is 2.09 bits per heavy atom. The summed E-state index contributed by atoms with van der Waals surface area (Å²) in [6, 6.07) is 0. The molecule has 1 atom stereocenters. The lowest BCUT2D eigenvalue weighted by Crippen LogP contribution is -2.39. The van der Waals surface area contributed by atoms with Crippen molar-refractivity contribution in [3.8, 4) is 0 Å². The summed E-state index contributed by atoms with van der Waals surface area (Å²) in [6.07, 6.45) is 1.93. The van der Waals surface area contributed by atoms with E-state index in [0.717, 1.165) is 6.42 Å². The lowest BCUT2D eigenvalue weighted by Gasteiger charge is -2.25. The molecule has 0 aliphatic rings. The molecule has 0 aromatic carbocycles. The Balaban J connectivity index is 4.32. The number of aliphatic carboxylic acids is 1. The van der Waals surface area contributed by atoms with Crippen molar-refractivity contribution in [1.29, 1.82) is 0 Å². The van der Waals surface area contributed by atoms with Gasteiger partial charge in [0.1, 0.15) is 0 Å². The Bertz CT molecular complexity index is 127.